The van der Waals surface area contributed by atoms with Crippen molar-refractivity contribution in [2.75, 3.05) is 13.1 Å². The number of nitrogens with two attached hydrogens (primary N) is 2. The van der Waals surface area contributed by atoms with E-state index in [1.54, 1.807) is 0 Å². The maximum Gasteiger partial charge on any atom is 0.0412 e. The highest BCUT2D eigenvalue weighted by Gasteiger charge is 2.19. The van der Waals surface area contributed by atoms with Crippen LogP contribution in [-0.2, 0) is 13.1 Å². The molecule has 0 radical (unpaired) electrons. The molecule has 20 heavy (non-hydrogen) atoms. The summed E-state index contributed by atoms with van der Waals surface area (Å²) in [7, 11) is 0. The molecule has 0 spiro atoms. The molecule has 0 aromatic heterocycles. The minimum atomic E-state index is 0.538. The topological polar surface area (TPSA) is 64.1 Å². The Morgan fingerprint density at radius 2 is 1.65 bits per heavy atom. The zero-order chi connectivity index (χ0) is 14.4. The van der Waals surface area contributed by atoms with Gasteiger partial charge in [0.05, 0.1) is 0 Å². The molecule has 0 heterocycles. The molecule has 0 aliphatic heterocycles. The lowest BCUT2D eigenvalue weighted by atomic mass is 9.82. The predicted octanol–water partition coefficient (Wildman–Crippen LogP) is 2.65. The third-order valence-electron chi connectivity index (χ3n) is 4.31. The quantitative estimate of drug-likeness (QED) is 0.756. The van der Waals surface area contributed by atoms with Crippen molar-refractivity contribution in [1.29, 1.82) is 0 Å². The fourth-order valence-corrected chi connectivity index (χ4v) is 3.31. The number of nitrogens with one attached hydrogen (secondary N) is 1. The fraction of sp³-hybridized carbons (Fsp3) is 0.625. The van der Waals surface area contributed by atoms with Gasteiger partial charge >= 0.3 is 0 Å². The van der Waals surface area contributed by atoms with E-state index in [2.05, 4.69) is 11.4 Å². The molecule has 112 valence electrons. The molecule has 0 amide bonds. The van der Waals surface area contributed by atoms with Crippen molar-refractivity contribution in [3.63, 3.8) is 0 Å². The monoisotopic (exact) mass is 295 g/mol. The molecule has 0 atom stereocenters. The van der Waals surface area contributed by atoms with E-state index in [9.17, 15) is 0 Å². The van der Waals surface area contributed by atoms with Crippen molar-refractivity contribution in [3.8, 4) is 0 Å². The third-order valence-corrected chi connectivity index (χ3v) is 4.53. The lowest BCUT2D eigenvalue weighted by Crippen LogP contribution is -2.28. The molecule has 3 nitrogen and oxygen atoms in total. The first kappa shape index (κ1) is 15.8. The van der Waals surface area contributed by atoms with Gasteiger partial charge in [-0.15, -0.1) is 0 Å². The maximum atomic E-state index is 6.09. The molecular weight excluding hydrogens is 270 g/mol. The summed E-state index contributed by atoms with van der Waals surface area (Å²) in [4.78, 5) is 0. The fourth-order valence-electron chi connectivity index (χ4n) is 3.03. The highest BCUT2D eigenvalue weighted by atomic mass is 35.5. The van der Waals surface area contributed by atoms with Crippen molar-refractivity contribution in [2.24, 2.45) is 23.3 Å². The molecule has 0 unspecified atom stereocenters. The third kappa shape index (κ3) is 4.74. The van der Waals surface area contributed by atoms with E-state index >= 15 is 0 Å². The van der Waals surface area contributed by atoms with Gasteiger partial charge in [0.2, 0.25) is 0 Å². The highest BCUT2D eigenvalue weighted by molar-refractivity contribution is 6.30. The van der Waals surface area contributed by atoms with Gasteiger partial charge in [-0.1, -0.05) is 17.7 Å². The van der Waals surface area contributed by atoms with Gasteiger partial charge in [0.15, 0.2) is 0 Å². The van der Waals surface area contributed by atoms with E-state index in [0.29, 0.717) is 6.54 Å². The molecule has 4 heteroatoms. The van der Waals surface area contributed by atoms with Crippen molar-refractivity contribution in [3.05, 3.63) is 34.3 Å². The largest absolute Gasteiger partial charge is 0.330 e. The minimum absolute atomic E-state index is 0.538. The van der Waals surface area contributed by atoms with Crippen LogP contribution >= 0.6 is 11.6 Å². The summed E-state index contributed by atoms with van der Waals surface area (Å²) >= 11 is 6.09. The lowest BCUT2D eigenvalue weighted by molar-refractivity contribution is 0.272. The second-order valence-electron chi connectivity index (χ2n) is 5.93. The van der Waals surface area contributed by atoms with Gasteiger partial charge in [-0.3, -0.25) is 0 Å². The van der Waals surface area contributed by atoms with Gasteiger partial charge in [-0.2, -0.15) is 0 Å². The average Bonchev–Trinajstić information content (AvgIpc) is 2.47. The Bertz CT molecular complexity index is 414. The first-order valence-corrected chi connectivity index (χ1v) is 7.98. The summed E-state index contributed by atoms with van der Waals surface area (Å²) in [5.74, 6) is 1.55. The second-order valence-corrected chi connectivity index (χ2v) is 6.36. The van der Waals surface area contributed by atoms with E-state index in [-0.39, 0.29) is 0 Å². The Labute approximate surface area is 127 Å². The molecule has 0 saturated heterocycles. The van der Waals surface area contributed by atoms with Gasteiger partial charge in [0.1, 0.15) is 0 Å². The van der Waals surface area contributed by atoms with Crippen molar-refractivity contribution >= 4 is 11.6 Å². The highest BCUT2D eigenvalue weighted by Crippen LogP contribution is 2.27. The Balaban J connectivity index is 1.74. The summed E-state index contributed by atoms with van der Waals surface area (Å²) in [6.07, 6.45) is 5.19. The zero-order valence-corrected chi connectivity index (χ0v) is 12.8. The van der Waals surface area contributed by atoms with E-state index in [4.69, 9.17) is 23.1 Å². The van der Waals surface area contributed by atoms with Crippen LogP contribution in [0.25, 0.3) is 0 Å². The molecule has 2 rings (SSSR count). The number of halogens is 1. The first-order chi connectivity index (χ1) is 9.71. The van der Waals surface area contributed by atoms with Crippen molar-refractivity contribution < 1.29 is 0 Å². The summed E-state index contributed by atoms with van der Waals surface area (Å²) in [5, 5.41) is 4.32. The summed E-state index contributed by atoms with van der Waals surface area (Å²) < 4.78 is 0. The molecule has 1 saturated carbocycles. The van der Waals surface area contributed by atoms with E-state index < -0.39 is 0 Å². The molecule has 1 aromatic rings. The molecule has 1 aliphatic carbocycles. The standard InChI is InChI=1S/C16H26ClN3/c17-16-6-14(9-19)5-15(7-16)11-20-10-13-3-1-12(8-18)2-4-13/h5-7,12-13,20H,1-4,8-11,18-19H2/t12-,13-. The normalized spacial score (nSPS) is 22.9. The molecule has 1 aliphatic rings. The Morgan fingerprint density at radius 1 is 1.00 bits per heavy atom. The van der Waals surface area contributed by atoms with Gasteiger partial charge < -0.3 is 16.8 Å². The van der Waals surface area contributed by atoms with Crippen LogP contribution in [0.4, 0.5) is 0 Å². The number of benzene rings is 1. The summed E-state index contributed by atoms with van der Waals surface area (Å²) in [6, 6.07) is 6.07. The summed E-state index contributed by atoms with van der Waals surface area (Å²) in [6.45, 7) is 3.34. The van der Waals surface area contributed by atoms with Gasteiger partial charge in [-0.25, -0.2) is 0 Å². The summed E-state index contributed by atoms with van der Waals surface area (Å²) in [5.41, 5.74) is 13.7. The predicted molar refractivity (Wildman–Crippen MR) is 85.6 cm³/mol. The maximum absolute atomic E-state index is 6.09. The smallest absolute Gasteiger partial charge is 0.0412 e. The van der Waals surface area contributed by atoms with Crippen molar-refractivity contribution in [2.45, 2.75) is 38.8 Å². The number of hydrogen-bond donors (Lipinski definition) is 3. The molecular formula is C16H26ClN3. The van der Waals surface area contributed by atoms with Crippen LogP contribution in [0.2, 0.25) is 5.02 Å². The molecule has 1 aromatic carbocycles. The molecule has 5 N–H and O–H groups in total. The van der Waals surface area contributed by atoms with Gasteiger partial charge in [-0.05, 0) is 73.9 Å². The second kappa shape index (κ2) is 7.99. The Kier molecular flexibility index (Phi) is 6.30. The van der Waals surface area contributed by atoms with Crippen LogP contribution < -0.4 is 16.8 Å². The average molecular weight is 296 g/mol. The number of hydrogen-bond acceptors (Lipinski definition) is 3. The van der Waals surface area contributed by atoms with Crippen LogP contribution in [0.5, 0.6) is 0 Å². The van der Waals surface area contributed by atoms with Crippen LogP contribution in [0, 0.1) is 11.8 Å². The van der Waals surface area contributed by atoms with Crippen LogP contribution in [-0.4, -0.2) is 13.1 Å². The Hall–Kier alpha value is -0.610. The van der Waals surface area contributed by atoms with Crippen molar-refractivity contribution in [1.82, 2.24) is 5.32 Å². The minimum Gasteiger partial charge on any atom is -0.330 e. The SMILES string of the molecule is NCc1cc(Cl)cc(CNC[C@H]2CC[C@H](CN)CC2)c1. The first-order valence-electron chi connectivity index (χ1n) is 7.60. The molecule has 1 fully saturated rings. The van der Waals surface area contributed by atoms with Crippen LogP contribution in [0.3, 0.4) is 0 Å². The van der Waals surface area contributed by atoms with Crippen LogP contribution in [0.15, 0.2) is 18.2 Å². The van der Waals surface area contributed by atoms with E-state index in [1.165, 1.54) is 31.2 Å². The lowest BCUT2D eigenvalue weighted by Gasteiger charge is -2.27. The van der Waals surface area contributed by atoms with Gasteiger partial charge in [0, 0.05) is 18.1 Å². The Morgan fingerprint density at radius 3 is 2.30 bits per heavy atom. The number of rotatable bonds is 6. The van der Waals surface area contributed by atoms with E-state index in [0.717, 1.165) is 42.1 Å². The zero-order valence-electron chi connectivity index (χ0n) is 12.1. The van der Waals surface area contributed by atoms with Gasteiger partial charge in [0.25, 0.3) is 0 Å². The van der Waals surface area contributed by atoms with E-state index in [1.807, 2.05) is 12.1 Å². The molecule has 0 bridgehead atoms. The van der Waals surface area contributed by atoms with Crippen LogP contribution in [0.1, 0.15) is 36.8 Å².